The van der Waals surface area contributed by atoms with Gasteiger partial charge in [-0.1, -0.05) is 0 Å². The summed E-state index contributed by atoms with van der Waals surface area (Å²) < 4.78 is 5.71. The van der Waals surface area contributed by atoms with E-state index in [-0.39, 0.29) is 12.2 Å². The predicted octanol–water partition coefficient (Wildman–Crippen LogP) is 2.09. The molecule has 0 radical (unpaired) electrons. The fraction of sp³-hybridized carbons (Fsp3) is 0.706. The minimum atomic E-state index is -0.181. The molecule has 0 spiro atoms. The molecular formula is C17H26N4O3S. The standard InChI is InChI=1S/C17H26N4O3S/c1-13(2)19-7-9-21(10-8-19)17(23)24-15-3-5-20(6-4-15)16-18-14(11-22)12-25-16/h11-13,15H,3-10H2,1-2H3. The van der Waals surface area contributed by atoms with Gasteiger partial charge >= 0.3 is 6.09 Å². The fourth-order valence-electron chi connectivity index (χ4n) is 3.28. The van der Waals surface area contributed by atoms with Crippen LogP contribution in [0, 0.1) is 0 Å². The molecular weight excluding hydrogens is 340 g/mol. The summed E-state index contributed by atoms with van der Waals surface area (Å²) in [5.74, 6) is 0. The predicted molar refractivity (Wildman–Crippen MR) is 97.5 cm³/mol. The summed E-state index contributed by atoms with van der Waals surface area (Å²) in [7, 11) is 0. The van der Waals surface area contributed by atoms with Crippen molar-refractivity contribution in [3.8, 4) is 0 Å². The highest BCUT2D eigenvalue weighted by Crippen LogP contribution is 2.25. The fourth-order valence-corrected chi connectivity index (χ4v) is 4.10. The van der Waals surface area contributed by atoms with Crippen LogP contribution >= 0.6 is 11.3 Å². The van der Waals surface area contributed by atoms with Gasteiger partial charge in [0.1, 0.15) is 11.8 Å². The zero-order valence-electron chi connectivity index (χ0n) is 14.9. The summed E-state index contributed by atoms with van der Waals surface area (Å²) in [6, 6.07) is 0.521. The van der Waals surface area contributed by atoms with Crippen molar-refractivity contribution in [2.45, 2.75) is 38.8 Å². The van der Waals surface area contributed by atoms with Gasteiger partial charge in [-0.25, -0.2) is 9.78 Å². The zero-order valence-corrected chi connectivity index (χ0v) is 15.7. The largest absolute Gasteiger partial charge is 0.446 e. The van der Waals surface area contributed by atoms with E-state index in [2.05, 4.69) is 28.6 Å². The number of amides is 1. The van der Waals surface area contributed by atoms with Crippen molar-refractivity contribution in [3.63, 3.8) is 0 Å². The number of piperazine rings is 1. The average Bonchev–Trinajstić information content (AvgIpc) is 3.11. The van der Waals surface area contributed by atoms with E-state index in [1.54, 1.807) is 5.38 Å². The number of carbonyl (C=O) groups excluding carboxylic acids is 2. The van der Waals surface area contributed by atoms with E-state index in [4.69, 9.17) is 4.74 Å². The van der Waals surface area contributed by atoms with E-state index in [9.17, 15) is 9.59 Å². The van der Waals surface area contributed by atoms with E-state index < -0.39 is 0 Å². The van der Waals surface area contributed by atoms with Gasteiger partial charge in [-0.15, -0.1) is 11.3 Å². The van der Waals surface area contributed by atoms with Gasteiger partial charge in [-0.2, -0.15) is 0 Å². The molecule has 0 saturated carbocycles. The van der Waals surface area contributed by atoms with Gasteiger partial charge in [0.25, 0.3) is 0 Å². The van der Waals surface area contributed by atoms with Crippen LogP contribution in [0.25, 0.3) is 0 Å². The first-order valence-corrected chi connectivity index (χ1v) is 9.80. The molecule has 8 heteroatoms. The van der Waals surface area contributed by atoms with Gasteiger partial charge in [0.15, 0.2) is 11.4 Å². The third-order valence-electron chi connectivity index (χ3n) is 4.91. The number of carbonyl (C=O) groups is 2. The molecule has 0 aromatic carbocycles. The van der Waals surface area contributed by atoms with Crippen LogP contribution in [-0.4, -0.2) is 78.6 Å². The van der Waals surface area contributed by atoms with Crippen LogP contribution in [0.4, 0.5) is 9.93 Å². The van der Waals surface area contributed by atoms with Gasteiger partial charge < -0.3 is 14.5 Å². The van der Waals surface area contributed by atoms with E-state index in [0.29, 0.717) is 11.7 Å². The van der Waals surface area contributed by atoms with E-state index in [1.165, 1.54) is 11.3 Å². The Bertz CT molecular complexity index is 590. The van der Waals surface area contributed by atoms with Crippen molar-refractivity contribution < 1.29 is 14.3 Å². The highest BCUT2D eigenvalue weighted by atomic mass is 32.1. The lowest BCUT2D eigenvalue weighted by Crippen LogP contribution is -2.51. The number of ether oxygens (including phenoxy) is 1. The number of aldehydes is 1. The van der Waals surface area contributed by atoms with Crippen LogP contribution in [0.3, 0.4) is 0 Å². The molecule has 3 rings (SSSR count). The van der Waals surface area contributed by atoms with Crippen LogP contribution in [-0.2, 0) is 4.74 Å². The number of aromatic nitrogens is 1. The van der Waals surface area contributed by atoms with E-state index in [1.807, 2.05) is 4.90 Å². The summed E-state index contributed by atoms with van der Waals surface area (Å²) in [6.07, 6.45) is 2.16. The van der Waals surface area contributed by atoms with Crippen LogP contribution in [0.2, 0.25) is 0 Å². The number of hydrogen-bond acceptors (Lipinski definition) is 7. The Morgan fingerprint density at radius 1 is 1.24 bits per heavy atom. The molecule has 0 unspecified atom stereocenters. The van der Waals surface area contributed by atoms with E-state index in [0.717, 1.165) is 63.5 Å². The Hall–Kier alpha value is -1.67. The average molecular weight is 366 g/mol. The summed E-state index contributed by atoms with van der Waals surface area (Å²) >= 11 is 1.48. The van der Waals surface area contributed by atoms with Gasteiger partial charge in [-0.05, 0) is 13.8 Å². The minimum Gasteiger partial charge on any atom is -0.446 e. The number of hydrogen-bond donors (Lipinski definition) is 0. The number of anilines is 1. The van der Waals surface area contributed by atoms with Gasteiger partial charge in [0, 0.05) is 63.5 Å². The molecule has 0 bridgehead atoms. The molecule has 7 nitrogen and oxygen atoms in total. The lowest BCUT2D eigenvalue weighted by molar-refractivity contribution is 0.0338. The monoisotopic (exact) mass is 366 g/mol. The van der Waals surface area contributed by atoms with Crippen molar-refractivity contribution in [3.05, 3.63) is 11.1 Å². The summed E-state index contributed by atoms with van der Waals surface area (Å²) in [5, 5.41) is 2.64. The Kier molecular flexibility index (Phi) is 5.90. The maximum absolute atomic E-state index is 12.4. The van der Waals surface area contributed by atoms with Crippen molar-refractivity contribution in [1.29, 1.82) is 0 Å². The minimum absolute atomic E-state index is 0.0302. The topological polar surface area (TPSA) is 66.0 Å². The molecule has 25 heavy (non-hydrogen) atoms. The second kappa shape index (κ2) is 8.14. The molecule has 0 atom stereocenters. The van der Waals surface area contributed by atoms with Crippen LogP contribution < -0.4 is 4.90 Å². The SMILES string of the molecule is CC(C)N1CCN(C(=O)OC2CCN(c3nc(C=O)cs3)CC2)CC1. The maximum atomic E-state index is 12.4. The van der Waals surface area contributed by atoms with Crippen LogP contribution in [0.15, 0.2) is 5.38 Å². The van der Waals surface area contributed by atoms with Gasteiger partial charge in [0.2, 0.25) is 0 Å². The molecule has 0 aliphatic carbocycles. The zero-order chi connectivity index (χ0) is 17.8. The number of rotatable bonds is 4. The first kappa shape index (κ1) is 18.1. The summed E-state index contributed by atoms with van der Waals surface area (Å²) in [4.78, 5) is 33.7. The highest BCUT2D eigenvalue weighted by Gasteiger charge is 2.28. The Morgan fingerprint density at radius 2 is 1.92 bits per heavy atom. The Labute approximate surface area is 152 Å². The van der Waals surface area contributed by atoms with Crippen LogP contribution in [0.1, 0.15) is 37.2 Å². The summed E-state index contributed by atoms with van der Waals surface area (Å²) in [5.41, 5.74) is 0.481. The molecule has 2 aliphatic rings. The number of piperidine rings is 1. The van der Waals surface area contributed by atoms with E-state index >= 15 is 0 Å². The number of thiazole rings is 1. The lowest BCUT2D eigenvalue weighted by Gasteiger charge is -2.37. The Balaban J connectivity index is 1.43. The first-order chi connectivity index (χ1) is 12.1. The molecule has 2 saturated heterocycles. The van der Waals surface area contributed by atoms with Crippen molar-refractivity contribution in [2.24, 2.45) is 0 Å². The molecule has 1 aromatic rings. The van der Waals surface area contributed by atoms with Gasteiger partial charge in [0.05, 0.1) is 0 Å². The third kappa shape index (κ3) is 4.49. The molecule has 1 aromatic heterocycles. The van der Waals surface area contributed by atoms with Crippen molar-refractivity contribution in [2.75, 3.05) is 44.2 Å². The molecule has 0 N–H and O–H groups in total. The maximum Gasteiger partial charge on any atom is 0.410 e. The van der Waals surface area contributed by atoms with Gasteiger partial charge in [-0.3, -0.25) is 9.69 Å². The third-order valence-corrected chi connectivity index (χ3v) is 5.83. The first-order valence-electron chi connectivity index (χ1n) is 8.92. The Morgan fingerprint density at radius 3 is 2.48 bits per heavy atom. The second-order valence-corrected chi connectivity index (χ2v) is 7.70. The smallest absolute Gasteiger partial charge is 0.410 e. The normalized spacial score (nSPS) is 20.1. The second-order valence-electron chi connectivity index (χ2n) is 6.86. The molecule has 1 amide bonds. The number of nitrogens with zero attached hydrogens (tertiary/aromatic N) is 4. The highest BCUT2D eigenvalue weighted by molar-refractivity contribution is 7.13. The lowest BCUT2D eigenvalue weighted by atomic mass is 10.1. The molecule has 3 heterocycles. The van der Waals surface area contributed by atoms with Crippen LogP contribution in [0.5, 0.6) is 0 Å². The van der Waals surface area contributed by atoms with Crippen molar-refractivity contribution in [1.82, 2.24) is 14.8 Å². The molecule has 138 valence electrons. The summed E-state index contributed by atoms with van der Waals surface area (Å²) in [6.45, 7) is 9.26. The van der Waals surface area contributed by atoms with Crippen molar-refractivity contribution >= 4 is 28.8 Å². The molecule has 2 aliphatic heterocycles. The molecule has 2 fully saturated rings. The quantitative estimate of drug-likeness (QED) is 0.760.